The fourth-order valence-electron chi connectivity index (χ4n) is 7.55. The van der Waals surface area contributed by atoms with Crippen LogP contribution in [0.3, 0.4) is 0 Å². The van der Waals surface area contributed by atoms with Gasteiger partial charge < -0.3 is 14.2 Å². The zero-order valence-electron chi connectivity index (χ0n) is 43.2. The maximum atomic E-state index is 12.8. The first-order valence-electron chi connectivity index (χ1n) is 27.6. The molecule has 0 bridgehead atoms. The number of hydrogen-bond acceptors (Lipinski definition) is 6. The van der Waals surface area contributed by atoms with Crippen LogP contribution in [0.4, 0.5) is 0 Å². The molecule has 0 aromatic carbocycles. The van der Waals surface area contributed by atoms with Gasteiger partial charge in [0.05, 0.1) is 0 Å². The molecule has 0 spiro atoms. The molecular formula is C60H102O6. The van der Waals surface area contributed by atoms with Gasteiger partial charge in [-0.1, -0.05) is 254 Å². The van der Waals surface area contributed by atoms with Gasteiger partial charge in [-0.2, -0.15) is 0 Å². The second-order valence-electron chi connectivity index (χ2n) is 18.1. The summed E-state index contributed by atoms with van der Waals surface area (Å²) < 4.78 is 16.7. The molecule has 6 nitrogen and oxygen atoms in total. The minimum atomic E-state index is -0.795. The van der Waals surface area contributed by atoms with E-state index in [9.17, 15) is 14.4 Å². The van der Waals surface area contributed by atoms with Gasteiger partial charge in [0.25, 0.3) is 0 Å². The molecule has 0 amide bonds. The second kappa shape index (κ2) is 54.2. The van der Waals surface area contributed by atoms with Gasteiger partial charge in [-0.15, -0.1) is 0 Å². The summed E-state index contributed by atoms with van der Waals surface area (Å²) in [6.07, 6.45) is 70.5. The van der Waals surface area contributed by atoms with Crippen LogP contribution in [0.2, 0.25) is 0 Å². The van der Waals surface area contributed by atoms with Crippen LogP contribution >= 0.6 is 0 Å². The van der Waals surface area contributed by atoms with Crippen molar-refractivity contribution in [3.05, 3.63) is 85.1 Å². The minimum Gasteiger partial charge on any atom is -0.462 e. The van der Waals surface area contributed by atoms with Crippen LogP contribution in [-0.4, -0.2) is 37.2 Å². The van der Waals surface area contributed by atoms with E-state index in [1.165, 1.54) is 116 Å². The number of carbonyl (C=O) groups excluding carboxylic acids is 3. The van der Waals surface area contributed by atoms with Crippen LogP contribution < -0.4 is 0 Å². The summed E-state index contributed by atoms with van der Waals surface area (Å²) in [6, 6.07) is 0. The Morgan fingerprint density at radius 1 is 0.318 bits per heavy atom. The van der Waals surface area contributed by atoms with Crippen LogP contribution in [0.25, 0.3) is 0 Å². The van der Waals surface area contributed by atoms with Crippen molar-refractivity contribution in [1.29, 1.82) is 0 Å². The Bertz CT molecular complexity index is 1290. The Kier molecular flexibility index (Phi) is 51.4. The molecule has 0 fully saturated rings. The fourth-order valence-corrected chi connectivity index (χ4v) is 7.55. The van der Waals surface area contributed by atoms with Gasteiger partial charge in [0.1, 0.15) is 13.2 Å². The summed E-state index contributed by atoms with van der Waals surface area (Å²) in [7, 11) is 0. The number of carbonyl (C=O) groups is 3. The first-order valence-corrected chi connectivity index (χ1v) is 27.6. The van der Waals surface area contributed by atoms with Gasteiger partial charge in [0.15, 0.2) is 6.10 Å². The lowest BCUT2D eigenvalue weighted by Crippen LogP contribution is -2.30. The first-order chi connectivity index (χ1) is 32.5. The Morgan fingerprint density at radius 2 is 0.591 bits per heavy atom. The Morgan fingerprint density at radius 3 is 0.924 bits per heavy atom. The van der Waals surface area contributed by atoms with Crippen LogP contribution in [0, 0.1) is 0 Å². The third-order valence-electron chi connectivity index (χ3n) is 11.7. The van der Waals surface area contributed by atoms with E-state index in [2.05, 4.69) is 106 Å². The zero-order chi connectivity index (χ0) is 47.9. The van der Waals surface area contributed by atoms with Gasteiger partial charge >= 0.3 is 17.9 Å². The van der Waals surface area contributed by atoms with Crippen LogP contribution in [-0.2, 0) is 28.6 Å². The molecule has 0 aliphatic carbocycles. The predicted octanol–water partition coefficient (Wildman–Crippen LogP) is 18.4. The van der Waals surface area contributed by atoms with Crippen LogP contribution in [0.15, 0.2) is 85.1 Å². The van der Waals surface area contributed by atoms with Crippen molar-refractivity contribution < 1.29 is 28.6 Å². The van der Waals surface area contributed by atoms with E-state index in [1.54, 1.807) is 0 Å². The van der Waals surface area contributed by atoms with Gasteiger partial charge in [-0.3, -0.25) is 14.4 Å². The van der Waals surface area contributed by atoms with E-state index in [-0.39, 0.29) is 37.5 Å². The van der Waals surface area contributed by atoms with Crippen molar-refractivity contribution in [3.63, 3.8) is 0 Å². The third kappa shape index (κ3) is 51.6. The molecule has 0 saturated carbocycles. The Labute approximate surface area is 407 Å². The van der Waals surface area contributed by atoms with Crippen molar-refractivity contribution in [3.8, 4) is 0 Å². The lowest BCUT2D eigenvalue weighted by atomic mass is 10.0. The van der Waals surface area contributed by atoms with Crippen molar-refractivity contribution in [2.24, 2.45) is 0 Å². The molecule has 0 aromatic rings. The molecule has 1 unspecified atom stereocenters. The number of ether oxygens (including phenoxy) is 3. The molecule has 66 heavy (non-hydrogen) atoms. The quantitative estimate of drug-likeness (QED) is 0.0262. The van der Waals surface area contributed by atoms with E-state index in [0.29, 0.717) is 19.3 Å². The van der Waals surface area contributed by atoms with Crippen molar-refractivity contribution in [1.82, 2.24) is 0 Å². The van der Waals surface area contributed by atoms with Gasteiger partial charge in [0.2, 0.25) is 0 Å². The Balaban J connectivity index is 4.22. The molecule has 0 aliphatic rings. The van der Waals surface area contributed by atoms with Crippen molar-refractivity contribution in [2.75, 3.05) is 13.2 Å². The Hall–Kier alpha value is -3.41. The van der Waals surface area contributed by atoms with Crippen LogP contribution in [0.1, 0.15) is 258 Å². The molecule has 0 N–H and O–H groups in total. The lowest BCUT2D eigenvalue weighted by molar-refractivity contribution is -0.167. The van der Waals surface area contributed by atoms with Gasteiger partial charge in [0, 0.05) is 19.3 Å². The summed E-state index contributed by atoms with van der Waals surface area (Å²) >= 11 is 0. The smallest absolute Gasteiger partial charge is 0.306 e. The summed E-state index contributed by atoms with van der Waals surface area (Å²) in [5.74, 6) is -0.965. The molecule has 0 heterocycles. The number of hydrogen-bond donors (Lipinski definition) is 0. The largest absolute Gasteiger partial charge is 0.462 e. The monoisotopic (exact) mass is 919 g/mol. The minimum absolute atomic E-state index is 0.0938. The lowest BCUT2D eigenvalue weighted by Gasteiger charge is -2.18. The van der Waals surface area contributed by atoms with E-state index in [1.807, 2.05) is 0 Å². The molecule has 6 heteroatoms. The van der Waals surface area contributed by atoms with E-state index >= 15 is 0 Å². The highest BCUT2D eigenvalue weighted by Crippen LogP contribution is 2.16. The maximum absolute atomic E-state index is 12.8. The summed E-state index contributed by atoms with van der Waals surface area (Å²) in [5.41, 5.74) is 0. The normalized spacial score (nSPS) is 12.7. The molecule has 0 rings (SSSR count). The average Bonchev–Trinajstić information content (AvgIpc) is 3.31. The molecule has 378 valence electrons. The number of unbranched alkanes of at least 4 members (excludes halogenated alkanes) is 24. The molecule has 1 atom stereocenters. The molecule has 0 radical (unpaired) electrons. The first kappa shape index (κ1) is 62.6. The van der Waals surface area contributed by atoms with Crippen molar-refractivity contribution in [2.45, 2.75) is 264 Å². The molecule has 0 aromatic heterocycles. The SMILES string of the molecule is CC/C=C\C/C=C\C/C=C\C/C=C\C/C=C\C/C=C\C/C=C\CCCC(=O)OCC(COC(=O)CCCCCCC)OC(=O)CCCCCCCCCCCCCCCCCCCCCC. The molecule has 0 saturated heterocycles. The van der Waals surface area contributed by atoms with E-state index in [4.69, 9.17) is 14.2 Å². The highest BCUT2D eigenvalue weighted by Gasteiger charge is 2.19. The fraction of sp³-hybridized carbons (Fsp3) is 0.717. The van der Waals surface area contributed by atoms with E-state index in [0.717, 1.165) is 96.3 Å². The van der Waals surface area contributed by atoms with Crippen LogP contribution in [0.5, 0.6) is 0 Å². The number of allylic oxidation sites excluding steroid dienone is 14. The molecular weight excluding hydrogens is 817 g/mol. The highest BCUT2D eigenvalue weighted by molar-refractivity contribution is 5.71. The maximum Gasteiger partial charge on any atom is 0.306 e. The van der Waals surface area contributed by atoms with Gasteiger partial charge in [-0.05, 0) is 70.6 Å². The standard InChI is InChI=1S/C60H102O6/c1-4-7-10-13-15-17-19-21-23-25-27-29-30-31-33-34-36-38-40-42-44-47-50-53-59(62)65-56-57(55-64-58(61)52-49-46-12-9-6-3)66-60(63)54-51-48-45-43-41-39-37-35-32-28-26-24-22-20-18-16-14-11-8-5-2/h7,10,15,17,21,23,27,29,31,33,36,38,42,44,57H,4-6,8-9,11-14,16,18-20,22,24-26,28,30,32,34-35,37,39-41,43,45-56H2,1-3H3/b10-7-,17-15-,23-21-,29-27-,33-31-,38-36-,44-42-. The van der Waals surface area contributed by atoms with E-state index < -0.39 is 6.10 Å². The summed E-state index contributed by atoms with van der Waals surface area (Å²) in [5, 5.41) is 0. The topological polar surface area (TPSA) is 78.9 Å². The summed E-state index contributed by atoms with van der Waals surface area (Å²) in [6.45, 7) is 6.40. The second-order valence-corrected chi connectivity index (χ2v) is 18.1. The third-order valence-corrected chi connectivity index (χ3v) is 11.7. The molecule has 0 aliphatic heterocycles. The number of esters is 3. The number of rotatable bonds is 49. The van der Waals surface area contributed by atoms with Crippen molar-refractivity contribution >= 4 is 17.9 Å². The average molecular weight is 919 g/mol. The zero-order valence-corrected chi connectivity index (χ0v) is 43.2. The summed E-state index contributed by atoms with van der Waals surface area (Å²) in [4.78, 5) is 37.7. The highest BCUT2D eigenvalue weighted by atomic mass is 16.6. The predicted molar refractivity (Wildman–Crippen MR) is 284 cm³/mol. The van der Waals surface area contributed by atoms with Gasteiger partial charge in [-0.25, -0.2) is 0 Å².